The second kappa shape index (κ2) is 4.20. The van der Waals surface area contributed by atoms with E-state index in [9.17, 15) is 8.78 Å². The van der Waals surface area contributed by atoms with E-state index < -0.39 is 12.1 Å². The van der Waals surface area contributed by atoms with Gasteiger partial charge in [0.1, 0.15) is 17.6 Å². The number of alkyl halides is 3. The van der Waals surface area contributed by atoms with Crippen molar-refractivity contribution in [3.8, 4) is 6.07 Å². The third kappa shape index (κ3) is 1.91. The summed E-state index contributed by atoms with van der Waals surface area (Å²) in [5, 5.41) is 8.57. The first kappa shape index (κ1) is 10.7. The Bertz CT molecular complexity index is 387. The average molecular weight is 218 g/mol. The molecule has 0 amide bonds. The molecule has 0 aromatic carbocycles. The molecule has 1 heterocycles. The molecule has 0 atom stereocenters. The Morgan fingerprint density at radius 3 is 2.71 bits per heavy atom. The molecule has 74 valence electrons. The molecule has 0 saturated carbocycles. The van der Waals surface area contributed by atoms with Crippen molar-refractivity contribution in [1.29, 1.82) is 5.26 Å². The normalized spacial score (nSPS) is 10.2. The summed E-state index contributed by atoms with van der Waals surface area (Å²) >= 11 is 5.43. The van der Waals surface area contributed by atoms with Crippen molar-refractivity contribution in [2.24, 2.45) is 0 Å². The van der Waals surface area contributed by atoms with E-state index in [1.807, 2.05) is 0 Å². The molecule has 0 saturated heterocycles. The first-order valence-electron chi connectivity index (χ1n) is 3.63. The summed E-state index contributed by atoms with van der Waals surface area (Å²) in [7, 11) is 0. The second-order valence-corrected chi connectivity index (χ2v) is 2.78. The number of hydrogen-bond acceptors (Lipinski definition) is 3. The van der Waals surface area contributed by atoms with Crippen LogP contribution in [0.25, 0.3) is 0 Å². The number of nitrogens with two attached hydrogens (primary N) is 1. The number of aromatic nitrogens is 1. The van der Waals surface area contributed by atoms with Gasteiger partial charge >= 0.3 is 0 Å². The van der Waals surface area contributed by atoms with Crippen molar-refractivity contribution in [3.05, 3.63) is 22.9 Å². The molecule has 2 N–H and O–H groups in total. The van der Waals surface area contributed by atoms with Gasteiger partial charge in [-0.15, -0.1) is 11.6 Å². The van der Waals surface area contributed by atoms with Crippen LogP contribution in [0.1, 0.15) is 23.2 Å². The first-order valence-corrected chi connectivity index (χ1v) is 4.17. The Hall–Kier alpha value is -1.41. The van der Waals surface area contributed by atoms with E-state index in [1.54, 1.807) is 6.07 Å². The summed E-state index contributed by atoms with van der Waals surface area (Å²) in [6.07, 6.45) is -2.74. The van der Waals surface area contributed by atoms with Crippen LogP contribution in [0.2, 0.25) is 0 Å². The lowest BCUT2D eigenvalue weighted by molar-refractivity contribution is 0.145. The van der Waals surface area contributed by atoms with Gasteiger partial charge in [0, 0.05) is 5.88 Å². The van der Waals surface area contributed by atoms with Gasteiger partial charge in [0.2, 0.25) is 0 Å². The van der Waals surface area contributed by atoms with Crippen molar-refractivity contribution in [3.63, 3.8) is 0 Å². The Labute approximate surface area is 84.1 Å². The molecule has 6 heteroatoms. The summed E-state index contributed by atoms with van der Waals surface area (Å²) < 4.78 is 24.7. The van der Waals surface area contributed by atoms with Crippen LogP contribution in [0, 0.1) is 11.3 Å². The number of anilines is 1. The van der Waals surface area contributed by atoms with Gasteiger partial charge in [-0.25, -0.2) is 13.8 Å². The predicted molar refractivity (Wildman–Crippen MR) is 47.9 cm³/mol. The van der Waals surface area contributed by atoms with E-state index >= 15 is 0 Å². The Morgan fingerprint density at radius 1 is 1.64 bits per heavy atom. The first-order chi connectivity index (χ1) is 6.60. The summed E-state index contributed by atoms with van der Waals surface area (Å²) in [5.41, 5.74) is 5.01. The van der Waals surface area contributed by atoms with Crippen molar-refractivity contribution in [1.82, 2.24) is 4.98 Å². The molecule has 14 heavy (non-hydrogen) atoms. The molecule has 1 rings (SSSR count). The fourth-order valence-corrected chi connectivity index (χ4v) is 1.18. The zero-order valence-corrected chi connectivity index (χ0v) is 7.72. The number of pyridine rings is 1. The number of nitrogen functional groups attached to an aromatic ring is 1. The monoisotopic (exact) mass is 217 g/mol. The lowest BCUT2D eigenvalue weighted by Crippen LogP contribution is -2.03. The third-order valence-electron chi connectivity index (χ3n) is 1.64. The van der Waals surface area contributed by atoms with Crippen LogP contribution in [-0.2, 0) is 5.88 Å². The lowest BCUT2D eigenvalue weighted by Gasteiger charge is -2.07. The maximum absolute atomic E-state index is 12.4. The van der Waals surface area contributed by atoms with Crippen molar-refractivity contribution < 1.29 is 8.78 Å². The molecule has 0 radical (unpaired) electrons. The van der Waals surface area contributed by atoms with Crippen LogP contribution in [-0.4, -0.2) is 4.98 Å². The molecule has 1 aromatic rings. The van der Waals surface area contributed by atoms with Crippen LogP contribution in [0.15, 0.2) is 6.07 Å². The van der Waals surface area contributed by atoms with Crippen molar-refractivity contribution in [2.75, 3.05) is 5.73 Å². The highest BCUT2D eigenvalue weighted by Gasteiger charge is 2.16. The van der Waals surface area contributed by atoms with Crippen LogP contribution in [0.5, 0.6) is 0 Å². The largest absolute Gasteiger partial charge is 0.383 e. The standard InChI is InChI=1S/C8H6ClF2N3/c9-2-4-1-5(3-12)8(13)14-6(4)7(10)11/h1,7H,2H2,(H2,13,14). The van der Waals surface area contributed by atoms with Gasteiger partial charge in [-0.1, -0.05) is 0 Å². The number of nitrogens with zero attached hydrogens (tertiary/aromatic N) is 2. The summed E-state index contributed by atoms with van der Waals surface area (Å²) in [6.45, 7) is 0. The summed E-state index contributed by atoms with van der Waals surface area (Å²) in [5.74, 6) is -0.321. The minimum atomic E-state index is -2.74. The van der Waals surface area contributed by atoms with Crippen LogP contribution in [0.3, 0.4) is 0 Å². The van der Waals surface area contributed by atoms with Gasteiger partial charge in [-0.05, 0) is 11.6 Å². The van der Waals surface area contributed by atoms with Gasteiger partial charge in [0.25, 0.3) is 6.43 Å². The minimum absolute atomic E-state index is 0.0602. The molecule has 1 aromatic heterocycles. The molecule has 0 spiro atoms. The van der Waals surface area contributed by atoms with E-state index in [0.717, 1.165) is 0 Å². The number of nitriles is 1. The second-order valence-electron chi connectivity index (χ2n) is 2.51. The van der Waals surface area contributed by atoms with Crippen LogP contribution in [0.4, 0.5) is 14.6 Å². The Morgan fingerprint density at radius 2 is 2.29 bits per heavy atom. The van der Waals surface area contributed by atoms with E-state index in [0.29, 0.717) is 0 Å². The van der Waals surface area contributed by atoms with Gasteiger partial charge < -0.3 is 5.73 Å². The van der Waals surface area contributed by atoms with Crippen molar-refractivity contribution >= 4 is 17.4 Å². The summed E-state index contributed by atoms with van der Waals surface area (Å²) in [4.78, 5) is 3.44. The molecule has 0 bridgehead atoms. The zero-order chi connectivity index (χ0) is 10.7. The highest BCUT2D eigenvalue weighted by Crippen LogP contribution is 2.25. The molecule has 0 aliphatic heterocycles. The molecule has 3 nitrogen and oxygen atoms in total. The Kier molecular flexibility index (Phi) is 3.20. The highest BCUT2D eigenvalue weighted by molar-refractivity contribution is 6.17. The fraction of sp³-hybridized carbons (Fsp3) is 0.250. The number of rotatable bonds is 2. The molecule has 0 aliphatic carbocycles. The highest BCUT2D eigenvalue weighted by atomic mass is 35.5. The summed E-state index contributed by atoms with van der Waals surface area (Å²) in [6, 6.07) is 2.98. The lowest BCUT2D eigenvalue weighted by atomic mass is 10.1. The molecule has 0 fully saturated rings. The smallest absolute Gasteiger partial charge is 0.280 e. The quantitative estimate of drug-likeness (QED) is 0.773. The maximum atomic E-state index is 12.4. The van der Waals surface area contributed by atoms with E-state index in [-0.39, 0.29) is 22.8 Å². The average Bonchev–Trinajstić information content (AvgIpc) is 2.17. The van der Waals surface area contributed by atoms with Gasteiger partial charge in [0.15, 0.2) is 0 Å². The van der Waals surface area contributed by atoms with E-state index in [2.05, 4.69) is 4.98 Å². The van der Waals surface area contributed by atoms with Crippen LogP contribution >= 0.6 is 11.6 Å². The third-order valence-corrected chi connectivity index (χ3v) is 1.92. The zero-order valence-electron chi connectivity index (χ0n) is 6.97. The molecule has 0 unspecified atom stereocenters. The predicted octanol–water partition coefficient (Wildman–Crippen LogP) is 2.21. The van der Waals surface area contributed by atoms with E-state index in [1.165, 1.54) is 6.07 Å². The van der Waals surface area contributed by atoms with Gasteiger partial charge in [0.05, 0.1) is 5.56 Å². The van der Waals surface area contributed by atoms with E-state index in [4.69, 9.17) is 22.6 Å². The van der Waals surface area contributed by atoms with Crippen LogP contribution < -0.4 is 5.73 Å². The number of hydrogen-bond donors (Lipinski definition) is 1. The number of halogens is 3. The molecular formula is C8H6ClF2N3. The SMILES string of the molecule is N#Cc1cc(CCl)c(C(F)F)nc1N. The molecular weight excluding hydrogens is 212 g/mol. The maximum Gasteiger partial charge on any atom is 0.280 e. The Balaban J connectivity index is 3.33. The van der Waals surface area contributed by atoms with Gasteiger partial charge in [-0.3, -0.25) is 0 Å². The fourth-order valence-electron chi connectivity index (χ4n) is 0.969. The van der Waals surface area contributed by atoms with Crippen molar-refractivity contribution in [2.45, 2.75) is 12.3 Å². The molecule has 0 aliphatic rings. The topological polar surface area (TPSA) is 62.7 Å². The van der Waals surface area contributed by atoms with Gasteiger partial charge in [-0.2, -0.15) is 5.26 Å². The minimum Gasteiger partial charge on any atom is -0.383 e.